The molecule has 0 saturated carbocycles. The minimum absolute atomic E-state index is 0.404. The third kappa shape index (κ3) is 4.61. The molecule has 0 spiro atoms. The summed E-state index contributed by atoms with van der Waals surface area (Å²) in [5, 5.41) is 11.4. The molecule has 0 unspecified atom stereocenters. The molecule has 0 aromatic heterocycles. The molecule has 0 aliphatic rings. The zero-order valence-electron chi connectivity index (χ0n) is 10.4. The van der Waals surface area contributed by atoms with Gasteiger partial charge in [-0.05, 0) is 20.3 Å². The highest BCUT2D eigenvalue weighted by Gasteiger charge is 2.30. The zero-order valence-corrected chi connectivity index (χ0v) is 10.4. The van der Waals surface area contributed by atoms with Gasteiger partial charge in [0.2, 0.25) is 0 Å². The first kappa shape index (κ1) is 14.9. The fourth-order valence-corrected chi connectivity index (χ4v) is 1.09. The topological polar surface area (TPSA) is 75.6 Å². The van der Waals surface area contributed by atoms with Crippen molar-refractivity contribution in [2.75, 3.05) is 7.11 Å². The number of methoxy groups -OCH3 is 1. The van der Waals surface area contributed by atoms with Crippen LogP contribution in [0, 0.1) is 0 Å². The van der Waals surface area contributed by atoms with Gasteiger partial charge in [-0.15, -0.1) is 0 Å². The highest BCUT2D eigenvalue weighted by Crippen LogP contribution is 2.09. The van der Waals surface area contributed by atoms with Crippen LogP contribution in [0.2, 0.25) is 0 Å². The zero-order chi connectivity index (χ0) is 12.8. The normalized spacial score (nSPS) is 13.2. The number of carboxylic acids is 1. The largest absolute Gasteiger partial charge is 0.480 e. The van der Waals surface area contributed by atoms with E-state index in [9.17, 15) is 9.59 Å². The first-order valence-corrected chi connectivity index (χ1v) is 5.44. The molecule has 0 bridgehead atoms. The Morgan fingerprint density at radius 2 is 2.00 bits per heavy atom. The van der Waals surface area contributed by atoms with Crippen molar-refractivity contribution in [1.82, 2.24) is 5.32 Å². The monoisotopic (exact) mass is 231 g/mol. The van der Waals surface area contributed by atoms with Crippen molar-refractivity contribution < 1.29 is 19.4 Å². The van der Waals surface area contributed by atoms with E-state index in [-0.39, 0.29) is 0 Å². The van der Waals surface area contributed by atoms with Gasteiger partial charge in [0, 0.05) is 7.11 Å². The molecule has 0 saturated heterocycles. The Balaban J connectivity index is 4.40. The van der Waals surface area contributed by atoms with Gasteiger partial charge < -0.3 is 15.2 Å². The Morgan fingerprint density at radius 1 is 1.44 bits per heavy atom. The number of rotatable bonds is 7. The molecule has 16 heavy (non-hydrogen) atoms. The second-order valence-corrected chi connectivity index (χ2v) is 4.22. The quantitative estimate of drug-likeness (QED) is 0.689. The molecule has 0 aliphatic heterocycles. The third-order valence-corrected chi connectivity index (χ3v) is 2.51. The Kier molecular flexibility index (Phi) is 6.03. The van der Waals surface area contributed by atoms with E-state index in [1.165, 1.54) is 7.11 Å². The molecule has 0 aromatic carbocycles. The molecule has 0 rings (SSSR count). The van der Waals surface area contributed by atoms with Gasteiger partial charge in [0.05, 0.1) is 0 Å². The van der Waals surface area contributed by atoms with E-state index in [0.29, 0.717) is 6.42 Å². The molecule has 2 N–H and O–H groups in total. The molecule has 0 radical (unpaired) electrons. The number of unbranched alkanes of at least 4 members (excludes halogenated alkanes) is 1. The number of hydrogen-bond donors (Lipinski definition) is 2. The van der Waals surface area contributed by atoms with Gasteiger partial charge in [-0.25, -0.2) is 4.79 Å². The lowest BCUT2D eigenvalue weighted by molar-refractivity contribution is -0.147. The van der Waals surface area contributed by atoms with Crippen LogP contribution in [0.3, 0.4) is 0 Å². The van der Waals surface area contributed by atoms with Crippen LogP contribution in [-0.4, -0.2) is 35.7 Å². The molecule has 5 heteroatoms. The average Bonchev–Trinajstić information content (AvgIpc) is 2.23. The van der Waals surface area contributed by atoms with Gasteiger partial charge in [0.15, 0.2) is 0 Å². The number of carbonyl (C=O) groups excluding carboxylic acids is 1. The van der Waals surface area contributed by atoms with Crippen LogP contribution in [0.15, 0.2) is 0 Å². The summed E-state index contributed by atoms with van der Waals surface area (Å²) in [7, 11) is 1.42. The van der Waals surface area contributed by atoms with Gasteiger partial charge in [0.25, 0.3) is 5.91 Å². The van der Waals surface area contributed by atoms with Crippen molar-refractivity contribution in [2.45, 2.75) is 51.7 Å². The molecular weight excluding hydrogens is 210 g/mol. The van der Waals surface area contributed by atoms with Gasteiger partial charge in [-0.3, -0.25) is 4.79 Å². The van der Waals surface area contributed by atoms with Crippen LogP contribution in [-0.2, 0) is 14.3 Å². The molecule has 1 atom stereocenters. The minimum Gasteiger partial charge on any atom is -0.480 e. The number of amides is 1. The second kappa shape index (κ2) is 6.48. The highest BCUT2D eigenvalue weighted by atomic mass is 16.5. The summed E-state index contributed by atoms with van der Waals surface area (Å²) in [6.45, 7) is 5.17. The van der Waals surface area contributed by atoms with E-state index in [0.717, 1.165) is 12.8 Å². The van der Waals surface area contributed by atoms with E-state index >= 15 is 0 Å². The Morgan fingerprint density at radius 3 is 2.38 bits per heavy atom. The van der Waals surface area contributed by atoms with E-state index in [1.807, 2.05) is 6.92 Å². The average molecular weight is 231 g/mol. The van der Waals surface area contributed by atoms with E-state index in [2.05, 4.69) is 5.32 Å². The molecule has 0 fully saturated rings. The Labute approximate surface area is 96.2 Å². The maximum absolute atomic E-state index is 11.7. The molecular formula is C11H21NO4. The predicted molar refractivity (Wildman–Crippen MR) is 60.2 cm³/mol. The van der Waals surface area contributed by atoms with Crippen molar-refractivity contribution in [3.63, 3.8) is 0 Å². The lowest BCUT2D eigenvalue weighted by Crippen LogP contribution is -2.50. The smallest absolute Gasteiger partial charge is 0.326 e. The standard InChI is InChI=1S/C11H21NO4/c1-5-6-7-8(9(13)14)12-10(15)11(2,3)16-4/h8H,5-7H2,1-4H3,(H,12,15)(H,13,14)/t8-/m0/s1. The lowest BCUT2D eigenvalue weighted by Gasteiger charge is -2.24. The maximum Gasteiger partial charge on any atom is 0.326 e. The van der Waals surface area contributed by atoms with Crippen LogP contribution < -0.4 is 5.32 Å². The highest BCUT2D eigenvalue weighted by molar-refractivity contribution is 5.88. The minimum atomic E-state index is -1.01. The van der Waals surface area contributed by atoms with E-state index < -0.39 is 23.5 Å². The Bertz CT molecular complexity index is 250. The van der Waals surface area contributed by atoms with E-state index in [1.54, 1.807) is 13.8 Å². The summed E-state index contributed by atoms with van der Waals surface area (Å²) in [6.07, 6.45) is 2.11. The molecule has 5 nitrogen and oxygen atoms in total. The van der Waals surface area contributed by atoms with Crippen LogP contribution in [0.5, 0.6) is 0 Å². The summed E-state index contributed by atoms with van der Waals surface area (Å²) in [4.78, 5) is 22.6. The predicted octanol–water partition coefficient (Wildman–Crippen LogP) is 1.17. The van der Waals surface area contributed by atoms with Gasteiger partial charge in [-0.2, -0.15) is 0 Å². The molecule has 0 aromatic rings. The molecule has 94 valence electrons. The van der Waals surface area contributed by atoms with Gasteiger partial charge in [-0.1, -0.05) is 19.8 Å². The summed E-state index contributed by atoms with van der Waals surface area (Å²) in [6, 6.07) is -0.832. The number of carboxylic acid groups (broad SMARTS) is 1. The third-order valence-electron chi connectivity index (χ3n) is 2.51. The number of ether oxygens (including phenoxy) is 1. The Hall–Kier alpha value is -1.10. The number of nitrogens with one attached hydrogen (secondary N) is 1. The molecule has 0 heterocycles. The van der Waals surface area contributed by atoms with Crippen LogP contribution in [0.25, 0.3) is 0 Å². The maximum atomic E-state index is 11.7. The van der Waals surface area contributed by atoms with Crippen molar-refractivity contribution in [1.29, 1.82) is 0 Å². The van der Waals surface area contributed by atoms with Crippen LogP contribution in [0.1, 0.15) is 40.0 Å². The fourth-order valence-electron chi connectivity index (χ4n) is 1.09. The van der Waals surface area contributed by atoms with Crippen molar-refractivity contribution in [2.24, 2.45) is 0 Å². The summed E-state index contributed by atoms with van der Waals surface area (Å²) < 4.78 is 4.98. The van der Waals surface area contributed by atoms with Gasteiger partial charge >= 0.3 is 5.97 Å². The number of carbonyl (C=O) groups is 2. The first-order valence-electron chi connectivity index (χ1n) is 5.44. The van der Waals surface area contributed by atoms with E-state index in [4.69, 9.17) is 9.84 Å². The van der Waals surface area contributed by atoms with Crippen molar-refractivity contribution in [3.8, 4) is 0 Å². The molecule has 1 amide bonds. The van der Waals surface area contributed by atoms with Crippen molar-refractivity contribution in [3.05, 3.63) is 0 Å². The number of hydrogen-bond acceptors (Lipinski definition) is 3. The second-order valence-electron chi connectivity index (χ2n) is 4.22. The van der Waals surface area contributed by atoms with Crippen LogP contribution >= 0.6 is 0 Å². The van der Waals surface area contributed by atoms with Crippen molar-refractivity contribution >= 4 is 11.9 Å². The van der Waals surface area contributed by atoms with Gasteiger partial charge in [0.1, 0.15) is 11.6 Å². The SMILES string of the molecule is CCCC[C@H](NC(=O)C(C)(C)OC)C(=O)O. The lowest BCUT2D eigenvalue weighted by atomic mass is 10.1. The summed E-state index contributed by atoms with van der Waals surface area (Å²) >= 11 is 0. The first-order chi connectivity index (χ1) is 7.35. The fraction of sp³-hybridized carbons (Fsp3) is 0.818. The summed E-state index contributed by atoms with van der Waals surface area (Å²) in [5.74, 6) is -1.41. The number of aliphatic carboxylic acids is 1. The molecule has 0 aliphatic carbocycles. The summed E-state index contributed by atoms with van der Waals surface area (Å²) in [5.41, 5.74) is -1.00. The van der Waals surface area contributed by atoms with Crippen LogP contribution in [0.4, 0.5) is 0 Å².